The number of hydrogen-bond acceptors (Lipinski definition) is 6. The van der Waals surface area contributed by atoms with Crippen LogP contribution in [0.4, 0.5) is 10.1 Å². The molecule has 0 bridgehead atoms. The first-order chi connectivity index (χ1) is 18.8. The molecule has 6 rings (SSSR count). The predicted molar refractivity (Wildman–Crippen MR) is 141 cm³/mol. The average Bonchev–Trinajstić information content (AvgIpc) is 3.42. The van der Waals surface area contributed by atoms with Gasteiger partial charge in [-0.25, -0.2) is 9.02 Å². The smallest absolute Gasteiger partial charge is 0.276 e. The van der Waals surface area contributed by atoms with Crippen LogP contribution in [0.15, 0.2) is 53.3 Å². The van der Waals surface area contributed by atoms with Crippen LogP contribution in [0.25, 0.3) is 11.1 Å². The summed E-state index contributed by atoms with van der Waals surface area (Å²) in [5.74, 6) is -1.45. The summed E-state index contributed by atoms with van der Waals surface area (Å²) in [6.07, 6.45) is 3.61. The Morgan fingerprint density at radius 1 is 1.10 bits per heavy atom. The molecule has 9 nitrogen and oxygen atoms in total. The van der Waals surface area contributed by atoms with Gasteiger partial charge in [0.2, 0.25) is 5.91 Å². The van der Waals surface area contributed by atoms with E-state index in [0.29, 0.717) is 29.3 Å². The van der Waals surface area contributed by atoms with Crippen molar-refractivity contribution in [2.75, 3.05) is 11.9 Å². The third kappa shape index (κ3) is 4.45. The molecule has 1 unspecified atom stereocenters. The molecule has 10 heteroatoms. The van der Waals surface area contributed by atoms with E-state index in [1.807, 2.05) is 44.3 Å². The van der Waals surface area contributed by atoms with Gasteiger partial charge in [0.1, 0.15) is 23.3 Å². The Kier molecular flexibility index (Phi) is 5.97. The highest BCUT2D eigenvalue weighted by Crippen LogP contribution is 2.61. The summed E-state index contributed by atoms with van der Waals surface area (Å²) in [5.41, 5.74) is 5.59. The van der Waals surface area contributed by atoms with Gasteiger partial charge in [0, 0.05) is 46.1 Å². The molecule has 0 saturated heterocycles. The van der Waals surface area contributed by atoms with E-state index < -0.39 is 29.6 Å². The van der Waals surface area contributed by atoms with Gasteiger partial charge < -0.3 is 20.4 Å². The van der Waals surface area contributed by atoms with Crippen LogP contribution in [0.2, 0.25) is 0 Å². The Morgan fingerprint density at radius 2 is 1.87 bits per heavy atom. The zero-order chi connectivity index (χ0) is 27.3. The van der Waals surface area contributed by atoms with Gasteiger partial charge in [-0.1, -0.05) is 23.4 Å². The number of hydrogen-bond donors (Lipinski definition) is 3. The topological polar surface area (TPSA) is 122 Å². The van der Waals surface area contributed by atoms with Gasteiger partial charge in [-0.05, 0) is 68.1 Å². The van der Waals surface area contributed by atoms with Crippen LogP contribution in [0.5, 0.6) is 5.75 Å². The number of nitrogens with one attached hydrogen (secondary N) is 3. The largest absolute Gasteiger partial charge is 0.493 e. The van der Waals surface area contributed by atoms with E-state index in [4.69, 9.17) is 9.37 Å². The van der Waals surface area contributed by atoms with Crippen molar-refractivity contribution in [3.63, 3.8) is 0 Å². The summed E-state index contributed by atoms with van der Waals surface area (Å²) >= 11 is 0. The number of ether oxygens (including phenoxy) is 1. The third-order valence-corrected chi connectivity index (χ3v) is 7.86. The van der Waals surface area contributed by atoms with Crippen molar-refractivity contribution in [1.82, 2.24) is 20.6 Å². The van der Waals surface area contributed by atoms with E-state index in [0.717, 1.165) is 35.2 Å². The van der Waals surface area contributed by atoms with Crippen LogP contribution in [0.3, 0.4) is 0 Å². The Morgan fingerprint density at radius 3 is 2.51 bits per heavy atom. The van der Waals surface area contributed by atoms with E-state index >= 15 is 0 Å². The second-order valence-electron chi connectivity index (χ2n) is 10.5. The molecule has 2 aromatic heterocycles. The minimum absolute atomic E-state index is 0.00521. The fourth-order valence-electron chi connectivity index (χ4n) is 5.67. The maximum absolute atomic E-state index is 14.0. The Balaban J connectivity index is 1.33. The first-order valence-corrected chi connectivity index (χ1v) is 12.8. The van der Waals surface area contributed by atoms with Gasteiger partial charge in [-0.2, -0.15) is 0 Å². The number of anilines is 1. The lowest BCUT2D eigenvalue weighted by Gasteiger charge is -2.38. The number of halogens is 1. The van der Waals surface area contributed by atoms with Crippen LogP contribution < -0.4 is 15.4 Å². The molecule has 3 heterocycles. The number of aromatic amines is 1. The molecule has 2 atom stereocenters. The van der Waals surface area contributed by atoms with Crippen LogP contribution >= 0.6 is 0 Å². The van der Waals surface area contributed by atoms with Gasteiger partial charge in [0.15, 0.2) is 5.69 Å². The molecule has 1 aliphatic carbocycles. The predicted octanol–water partition coefficient (Wildman–Crippen LogP) is 4.82. The zero-order valence-electron chi connectivity index (χ0n) is 21.8. The lowest BCUT2D eigenvalue weighted by atomic mass is 9.76. The van der Waals surface area contributed by atoms with Gasteiger partial charge in [-0.15, -0.1) is 0 Å². The summed E-state index contributed by atoms with van der Waals surface area (Å²) in [5, 5.41) is 13.3. The lowest BCUT2D eigenvalue weighted by molar-refractivity contribution is -0.119. The number of nitrogens with zero attached hydrogens (tertiary/aromatic N) is 2. The van der Waals surface area contributed by atoms with Crippen molar-refractivity contribution in [3.8, 4) is 16.9 Å². The molecular weight excluding hydrogens is 501 g/mol. The van der Waals surface area contributed by atoms with Crippen molar-refractivity contribution in [2.24, 2.45) is 5.41 Å². The molecule has 2 aliphatic rings. The zero-order valence-corrected chi connectivity index (χ0v) is 21.8. The molecule has 39 heavy (non-hydrogen) atoms. The second kappa shape index (κ2) is 9.37. The van der Waals surface area contributed by atoms with Crippen molar-refractivity contribution < 1.29 is 23.3 Å². The lowest BCUT2D eigenvalue weighted by Crippen LogP contribution is -2.52. The van der Waals surface area contributed by atoms with E-state index in [9.17, 15) is 14.0 Å². The standard InChI is InChI=1S/C29H28FN5O4/c1-15-13-31-16(2)23(15)18-4-7-20(8-5-18)32-28(37)26(33-27(36)25-17(3)34-39-35-25)24-21-9-6-19(30)12-22(21)38-14-29(24)10-11-29/h4-9,12-13,24,26,31H,10-11,14H2,1-3H3,(H,32,37)(H,33,36)/t24?,26-/m0/s1. The van der Waals surface area contributed by atoms with E-state index in [1.165, 1.54) is 12.1 Å². The maximum Gasteiger partial charge on any atom is 0.276 e. The molecule has 1 saturated carbocycles. The molecule has 0 radical (unpaired) electrons. The number of benzene rings is 2. The van der Waals surface area contributed by atoms with E-state index in [-0.39, 0.29) is 11.1 Å². The number of rotatable bonds is 6. The number of fused-ring (bicyclic) bond motifs is 1. The number of amides is 2. The van der Waals surface area contributed by atoms with E-state index in [2.05, 4.69) is 25.9 Å². The first-order valence-electron chi connectivity index (χ1n) is 12.8. The highest BCUT2D eigenvalue weighted by molar-refractivity contribution is 6.01. The first kappa shape index (κ1) is 24.8. The fraction of sp³-hybridized carbons (Fsp3) is 0.310. The highest BCUT2D eigenvalue weighted by atomic mass is 19.1. The minimum Gasteiger partial charge on any atom is -0.493 e. The van der Waals surface area contributed by atoms with Crippen LogP contribution in [-0.2, 0) is 4.79 Å². The average molecular weight is 530 g/mol. The van der Waals surface area contributed by atoms with E-state index in [1.54, 1.807) is 13.0 Å². The van der Waals surface area contributed by atoms with Crippen LogP contribution in [0, 0.1) is 32.0 Å². The molecule has 2 aromatic carbocycles. The summed E-state index contributed by atoms with van der Waals surface area (Å²) in [6, 6.07) is 10.9. The summed E-state index contributed by atoms with van der Waals surface area (Å²) in [6.45, 7) is 6.00. The van der Waals surface area contributed by atoms with Gasteiger partial charge in [0.25, 0.3) is 5.91 Å². The SMILES string of the molecule is Cc1c[nH]c(C)c1-c1ccc(NC(=O)[C@@H](NC(=O)c2nonc2C)C2c3ccc(F)cc3OCC23CC3)cc1. The normalized spacial score (nSPS) is 17.7. The van der Waals surface area contributed by atoms with Gasteiger partial charge >= 0.3 is 0 Å². The molecule has 200 valence electrons. The number of aromatic nitrogens is 3. The third-order valence-electron chi connectivity index (χ3n) is 7.86. The fourth-order valence-corrected chi connectivity index (χ4v) is 5.67. The van der Waals surface area contributed by atoms with Gasteiger partial charge in [0.05, 0.1) is 6.61 Å². The maximum atomic E-state index is 14.0. The van der Waals surface area contributed by atoms with Crippen molar-refractivity contribution in [1.29, 1.82) is 0 Å². The molecule has 1 spiro atoms. The number of carbonyl (C=O) groups excluding carboxylic acids is 2. The molecule has 1 fully saturated rings. The monoisotopic (exact) mass is 529 g/mol. The van der Waals surface area contributed by atoms with Crippen molar-refractivity contribution in [3.05, 3.63) is 82.7 Å². The molecule has 4 aromatic rings. The minimum atomic E-state index is -0.988. The Bertz CT molecular complexity index is 1550. The molecule has 2 amide bonds. The molecule has 1 aliphatic heterocycles. The Hall–Kier alpha value is -4.47. The molecule has 3 N–H and O–H groups in total. The number of aryl methyl sites for hydroxylation is 3. The van der Waals surface area contributed by atoms with Crippen LogP contribution in [0.1, 0.15) is 51.8 Å². The van der Waals surface area contributed by atoms with Crippen molar-refractivity contribution >= 4 is 17.5 Å². The van der Waals surface area contributed by atoms with Crippen molar-refractivity contribution in [2.45, 2.75) is 45.6 Å². The van der Waals surface area contributed by atoms with Gasteiger partial charge in [-0.3, -0.25) is 9.59 Å². The quantitative estimate of drug-likeness (QED) is 0.329. The number of H-pyrrole nitrogens is 1. The summed E-state index contributed by atoms with van der Waals surface area (Å²) in [7, 11) is 0. The second-order valence-corrected chi connectivity index (χ2v) is 10.5. The van der Waals surface area contributed by atoms with Crippen LogP contribution in [-0.4, -0.2) is 39.8 Å². The summed E-state index contributed by atoms with van der Waals surface area (Å²) in [4.78, 5) is 30.4. The molecular formula is C29H28FN5O4. The summed E-state index contributed by atoms with van der Waals surface area (Å²) < 4.78 is 24.7. The number of carbonyl (C=O) groups is 2. The Labute approximate surface area is 224 Å². The highest BCUT2D eigenvalue weighted by Gasteiger charge is 2.58.